The maximum absolute atomic E-state index is 6.26. The zero-order valence-electron chi connectivity index (χ0n) is 15.2. The highest BCUT2D eigenvalue weighted by atomic mass is 16.5. The number of likely N-dealkylation sites (tertiary alicyclic amines) is 1. The second kappa shape index (κ2) is 8.23. The average molecular weight is 334 g/mol. The number of aryl methyl sites for hydroxylation is 1. The minimum atomic E-state index is 0.405. The van der Waals surface area contributed by atoms with Gasteiger partial charge < -0.3 is 14.4 Å². The Morgan fingerprint density at radius 2 is 1.79 bits per heavy atom. The summed E-state index contributed by atoms with van der Waals surface area (Å²) in [5.74, 6) is 0.794. The lowest BCUT2D eigenvalue weighted by atomic mass is 10.1. The van der Waals surface area contributed by atoms with Crippen molar-refractivity contribution in [2.24, 2.45) is 0 Å². The van der Waals surface area contributed by atoms with Crippen molar-refractivity contribution in [2.75, 3.05) is 45.3 Å². The van der Waals surface area contributed by atoms with E-state index in [1.165, 1.54) is 0 Å². The third-order valence-electron chi connectivity index (χ3n) is 4.77. The molecule has 0 bridgehead atoms. The van der Waals surface area contributed by atoms with Crippen molar-refractivity contribution in [1.29, 1.82) is 0 Å². The number of anilines is 1. The molecular weight excluding hydrogens is 304 g/mol. The first-order valence-corrected chi connectivity index (χ1v) is 9.07. The minimum Gasteiger partial charge on any atom is -0.381 e. The Labute approximate surface area is 145 Å². The Hall–Kier alpha value is -1.24. The molecular formula is C18H30N4O2. The fourth-order valence-corrected chi connectivity index (χ4v) is 3.41. The third-order valence-corrected chi connectivity index (χ3v) is 4.77. The molecule has 0 aliphatic carbocycles. The molecule has 0 saturated carbocycles. The molecule has 0 atom stereocenters. The number of nitrogens with zero attached hydrogens (tertiary/aromatic N) is 4. The van der Waals surface area contributed by atoms with Crippen LogP contribution in [0.4, 0.5) is 5.95 Å². The summed E-state index contributed by atoms with van der Waals surface area (Å²) < 4.78 is 11.7. The molecule has 0 aromatic carbocycles. The Morgan fingerprint density at radius 3 is 2.46 bits per heavy atom. The van der Waals surface area contributed by atoms with Gasteiger partial charge in [0, 0.05) is 52.6 Å². The van der Waals surface area contributed by atoms with Crippen LogP contribution >= 0.6 is 0 Å². The van der Waals surface area contributed by atoms with Gasteiger partial charge in [0.25, 0.3) is 0 Å². The van der Waals surface area contributed by atoms with Crippen LogP contribution in [0.5, 0.6) is 0 Å². The van der Waals surface area contributed by atoms with Gasteiger partial charge in [0.2, 0.25) is 5.95 Å². The van der Waals surface area contributed by atoms with E-state index in [2.05, 4.69) is 20.9 Å². The van der Waals surface area contributed by atoms with Gasteiger partial charge in [0.15, 0.2) is 0 Å². The average Bonchev–Trinajstić information content (AvgIpc) is 2.57. The number of ether oxygens (including phenoxy) is 2. The quantitative estimate of drug-likeness (QED) is 0.821. The molecule has 1 aromatic rings. The molecule has 2 fully saturated rings. The summed E-state index contributed by atoms with van der Waals surface area (Å²) in [5, 5.41) is 0. The van der Waals surface area contributed by atoms with Crippen LogP contribution in [-0.4, -0.2) is 67.5 Å². The van der Waals surface area contributed by atoms with E-state index in [-0.39, 0.29) is 0 Å². The predicted octanol–water partition coefficient (Wildman–Crippen LogP) is 2.01. The van der Waals surface area contributed by atoms with E-state index in [1.54, 1.807) is 0 Å². The largest absolute Gasteiger partial charge is 0.381 e. The van der Waals surface area contributed by atoms with Crippen molar-refractivity contribution >= 4 is 5.95 Å². The fourth-order valence-electron chi connectivity index (χ4n) is 3.41. The highest BCUT2D eigenvalue weighted by Gasteiger charge is 2.24. The number of hydrogen-bond donors (Lipinski definition) is 0. The topological polar surface area (TPSA) is 50.7 Å². The van der Waals surface area contributed by atoms with Gasteiger partial charge in [-0.1, -0.05) is 0 Å². The summed E-state index contributed by atoms with van der Waals surface area (Å²) in [6.07, 6.45) is 5.14. The van der Waals surface area contributed by atoms with Crippen molar-refractivity contribution in [1.82, 2.24) is 14.9 Å². The smallest absolute Gasteiger partial charge is 0.225 e. The van der Waals surface area contributed by atoms with Crippen LogP contribution in [0.3, 0.4) is 0 Å². The zero-order chi connectivity index (χ0) is 16.9. The second-order valence-electron chi connectivity index (χ2n) is 7.12. The molecule has 3 heterocycles. The van der Waals surface area contributed by atoms with E-state index in [1.807, 2.05) is 25.9 Å². The number of aromatic nitrogens is 2. The van der Waals surface area contributed by atoms with Gasteiger partial charge in [0.05, 0.1) is 17.9 Å². The van der Waals surface area contributed by atoms with E-state index in [4.69, 9.17) is 9.47 Å². The van der Waals surface area contributed by atoms with E-state index < -0.39 is 0 Å². The van der Waals surface area contributed by atoms with Crippen molar-refractivity contribution in [3.05, 3.63) is 17.5 Å². The van der Waals surface area contributed by atoms with Crippen molar-refractivity contribution < 1.29 is 9.47 Å². The first-order chi connectivity index (χ1) is 11.6. The fraction of sp³-hybridized carbons (Fsp3) is 0.778. The lowest BCUT2D eigenvalue weighted by molar-refractivity contribution is -0.0852. The Morgan fingerprint density at radius 1 is 1.12 bits per heavy atom. The normalized spacial score (nSPS) is 21.1. The Bertz CT molecular complexity index is 524. The second-order valence-corrected chi connectivity index (χ2v) is 7.12. The third kappa shape index (κ3) is 4.88. The predicted molar refractivity (Wildman–Crippen MR) is 94.3 cm³/mol. The molecule has 0 spiro atoms. The van der Waals surface area contributed by atoms with Gasteiger partial charge in [-0.05, 0) is 38.7 Å². The molecule has 134 valence electrons. The van der Waals surface area contributed by atoms with E-state index in [0.29, 0.717) is 12.2 Å². The lowest BCUT2D eigenvalue weighted by Crippen LogP contribution is -2.39. The first-order valence-electron chi connectivity index (χ1n) is 9.07. The maximum Gasteiger partial charge on any atom is 0.225 e. The van der Waals surface area contributed by atoms with Crippen LogP contribution in [0.25, 0.3) is 0 Å². The standard InChI is InChI=1S/C18H30N4O2/c1-14-12-15(20-18(19-14)21(2)3)13-22-8-4-16(5-9-22)24-17-6-10-23-11-7-17/h12,16-17H,4-11,13H2,1-3H3. The van der Waals surface area contributed by atoms with Crippen molar-refractivity contribution in [2.45, 2.75) is 51.4 Å². The summed E-state index contributed by atoms with van der Waals surface area (Å²) in [4.78, 5) is 13.6. The van der Waals surface area contributed by atoms with E-state index >= 15 is 0 Å². The van der Waals surface area contributed by atoms with Gasteiger partial charge in [-0.3, -0.25) is 4.90 Å². The molecule has 0 N–H and O–H groups in total. The molecule has 0 radical (unpaired) electrons. The Balaban J connectivity index is 1.48. The van der Waals surface area contributed by atoms with Gasteiger partial charge in [-0.15, -0.1) is 0 Å². The molecule has 1 aromatic heterocycles. The lowest BCUT2D eigenvalue weighted by Gasteiger charge is -2.34. The van der Waals surface area contributed by atoms with Crippen LogP contribution in [0.2, 0.25) is 0 Å². The first kappa shape index (κ1) is 17.6. The minimum absolute atomic E-state index is 0.405. The van der Waals surface area contributed by atoms with E-state index in [0.717, 1.165) is 75.9 Å². The van der Waals surface area contributed by atoms with Crippen molar-refractivity contribution in [3.8, 4) is 0 Å². The summed E-state index contributed by atoms with van der Waals surface area (Å²) in [6, 6.07) is 2.09. The van der Waals surface area contributed by atoms with Gasteiger partial charge in [-0.25, -0.2) is 9.97 Å². The van der Waals surface area contributed by atoms with Crippen LogP contribution in [0.1, 0.15) is 37.1 Å². The van der Waals surface area contributed by atoms with Crippen LogP contribution in [0.15, 0.2) is 6.07 Å². The SMILES string of the molecule is Cc1cc(CN2CCC(OC3CCOCC3)CC2)nc(N(C)C)n1. The summed E-state index contributed by atoms with van der Waals surface area (Å²) in [7, 11) is 3.97. The summed E-state index contributed by atoms with van der Waals surface area (Å²) >= 11 is 0. The van der Waals surface area contributed by atoms with E-state index in [9.17, 15) is 0 Å². The highest BCUT2D eigenvalue weighted by molar-refractivity contribution is 5.29. The molecule has 2 aliphatic heterocycles. The number of hydrogen-bond acceptors (Lipinski definition) is 6. The molecule has 0 unspecified atom stereocenters. The van der Waals surface area contributed by atoms with Crippen LogP contribution in [-0.2, 0) is 16.0 Å². The van der Waals surface area contributed by atoms with Crippen LogP contribution < -0.4 is 4.90 Å². The van der Waals surface area contributed by atoms with Crippen LogP contribution in [0, 0.1) is 6.92 Å². The number of piperidine rings is 1. The van der Waals surface area contributed by atoms with Gasteiger partial charge in [-0.2, -0.15) is 0 Å². The zero-order valence-corrected chi connectivity index (χ0v) is 15.2. The highest BCUT2D eigenvalue weighted by Crippen LogP contribution is 2.21. The number of rotatable bonds is 5. The molecule has 6 heteroatoms. The van der Waals surface area contributed by atoms with Gasteiger partial charge in [0.1, 0.15) is 0 Å². The molecule has 24 heavy (non-hydrogen) atoms. The summed E-state index contributed by atoms with van der Waals surface area (Å²) in [6.45, 7) is 6.79. The maximum atomic E-state index is 6.26. The molecule has 2 aliphatic rings. The Kier molecular flexibility index (Phi) is 6.03. The monoisotopic (exact) mass is 334 g/mol. The molecule has 6 nitrogen and oxygen atoms in total. The summed E-state index contributed by atoms with van der Waals surface area (Å²) in [5.41, 5.74) is 2.14. The molecule has 3 rings (SSSR count). The molecule has 0 amide bonds. The van der Waals surface area contributed by atoms with Gasteiger partial charge >= 0.3 is 0 Å². The van der Waals surface area contributed by atoms with Crippen molar-refractivity contribution in [3.63, 3.8) is 0 Å². The molecule has 2 saturated heterocycles.